The van der Waals surface area contributed by atoms with Crippen molar-refractivity contribution in [3.05, 3.63) is 88.8 Å². The summed E-state index contributed by atoms with van der Waals surface area (Å²) < 4.78 is 5.18. The van der Waals surface area contributed by atoms with Crippen molar-refractivity contribution in [2.75, 3.05) is 23.5 Å². The van der Waals surface area contributed by atoms with Crippen LogP contribution >= 0.6 is 23.1 Å². The Hall–Kier alpha value is -3.62. The molecule has 0 unspecified atom stereocenters. The van der Waals surface area contributed by atoms with Crippen molar-refractivity contribution in [1.29, 1.82) is 0 Å². The van der Waals surface area contributed by atoms with Gasteiger partial charge in [-0.15, -0.1) is 23.1 Å². The zero-order valence-corrected chi connectivity index (χ0v) is 21.3. The van der Waals surface area contributed by atoms with Crippen LogP contribution in [0.25, 0.3) is 11.3 Å². The molecule has 3 aromatic carbocycles. The average molecular weight is 504 g/mol. The lowest BCUT2D eigenvalue weighted by molar-refractivity contribution is -0.113. The first-order valence-electron chi connectivity index (χ1n) is 10.9. The number of anilines is 2. The number of nitrogens with one attached hydrogen (secondary N) is 2. The summed E-state index contributed by atoms with van der Waals surface area (Å²) in [6, 6.07) is 22.6. The van der Waals surface area contributed by atoms with Gasteiger partial charge in [0.15, 0.2) is 5.13 Å². The molecule has 0 saturated carbocycles. The van der Waals surface area contributed by atoms with Crippen LogP contribution in [0.2, 0.25) is 0 Å². The average Bonchev–Trinajstić information content (AvgIpc) is 3.23. The van der Waals surface area contributed by atoms with E-state index in [0.717, 1.165) is 21.0 Å². The predicted octanol–water partition coefficient (Wildman–Crippen LogP) is 6.42. The Balaban J connectivity index is 1.34. The van der Waals surface area contributed by atoms with Crippen LogP contribution in [-0.2, 0) is 4.79 Å². The summed E-state index contributed by atoms with van der Waals surface area (Å²) in [7, 11) is 1.56. The van der Waals surface area contributed by atoms with Crippen LogP contribution in [0.1, 0.15) is 20.8 Å². The van der Waals surface area contributed by atoms with Gasteiger partial charge in [0.2, 0.25) is 5.91 Å². The summed E-state index contributed by atoms with van der Waals surface area (Å²) in [5, 5.41) is 6.37. The fourth-order valence-electron chi connectivity index (χ4n) is 3.36. The van der Waals surface area contributed by atoms with Gasteiger partial charge in [0, 0.05) is 26.6 Å². The molecule has 0 bridgehead atoms. The lowest BCUT2D eigenvalue weighted by Gasteiger charge is -2.08. The topological polar surface area (TPSA) is 80.3 Å². The smallest absolute Gasteiger partial charge is 0.255 e. The number of aryl methyl sites for hydroxylation is 2. The van der Waals surface area contributed by atoms with Gasteiger partial charge in [-0.05, 0) is 50.2 Å². The van der Waals surface area contributed by atoms with E-state index in [1.54, 1.807) is 31.4 Å². The molecular weight excluding hydrogens is 478 g/mol. The first-order valence-corrected chi connectivity index (χ1v) is 12.7. The van der Waals surface area contributed by atoms with E-state index in [2.05, 4.69) is 27.8 Å². The molecule has 0 saturated heterocycles. The SMILES string of the molecule is COc1cccc(C(=O)Nc2cccc(SCC(=O)Nc3nc(-c4ccc(C)cc4)c(C)s3)c2)c1. The molecule has 8 heteroatoms. The second-order valence-corrected chi connectivity index (χ2v) is 10.1. The van der Waals surface area contributed by atoms with Crippen molar-refractivity contribution >= 4 is 45.7 Å². The normalized spacial score (nSPS) is 10.6. The Morgan fingerprint density at radius 2 is 1.74 bits per heavy atom. The number of aromatic nitrogens is 1. The van der Waals surface area contributed by atoms with E-state index in [4.69, 9.17) is 4.74 Å². The van der Waals surface area contributed by atoms with Gasteiger partial charge in [-0.2, -0.15) is 0 Å². The predicted molar refractivity (Wildman–Crippen MR) is 144 cm³/mol. The summed E-state index contributed by atoms with van der Waals surface area (Å²) in [5.74, 6) is 0.484. The minimum atomic E-state index is -0.229. The Labute approximate surface area is 212 Å². The first-order chi connectivity index (χ1) is 16.9. The molecule has 1 aromatic heterocycles. The monoisotopic (exact) mass is 503 g/mol. The summed E-state index contributed by atoms with van der Waals surface area (Å²) in [4.78, 5) is 31.7. The van der Waals surface area contributed by atoms with E-state index < -0.39 is 0 Å². The molecule has 2 amide bonds. The van der Waals surface area contributed by atoms with Gasteiger partial charge >= 0.3 is 0 Å². The number of methoxy groups -OCH3 is 1. The standard InChI is InChI=1S/C27H25N3O3S2/c1-17-10-12-19(13-11-17)25-18(2)35-27(30-25)29-24(31)16-34-23-9-5-7-21(15-23)28-26(32)20-6-4-8-22(14-20)33-3/h4-15H,16H2,1-3H3,(H,28,32)(H,29,30,31). The maximum Gasteiger partial charge on any atom is 0.255 e. The molecule has 178 valence electrons. The molecule has 35 heavy (non-hydrogen) atoms. The van der Waals surface area contributed by atoms with Crippen LogP contribution in [0, 0.1) is 13.8 Å². The fourth-order valence-corrected chi connectivity index (χ4v) is 4.97. The first kappa shape index (κ1) is 24.5. The maximum absolute atomic E-state index is 12.6. The fraction of sp³-hybridized carbons (Fsp3) is 0.148. The minimum Gasteiger partial charge on any atom is -0.497 e. The Kier molecular flexibility index (Phi) is 7.84. The van der Waals surface area contributed by atoms with Crippen molar-refractivity contribution in [2.45, 2.75) is 18.7 Å². The van der Waals surface area contributed by atoms with Crippen LogP contribution < -0.4 is 15.4 Å². The van der Waals surface area contributed by atoms with Gasteiger partial charge < -0.3 is 15.4 Å². The van der Waals surface area contributed by atoms with Crippen LogP contribution in [0.5, 0.6) is 5.75 Å². The van der Waals surface area contributed by atoms with Gasteiger partial charge in [0.05, 0.1) is 18.6 Å². The van der Waals surface area contributed by atoms with E-state index in [1.807, 2.05) is 50.2 Å². The summed E-state index contributed by atoms with van der Waals surface area (Å²) in [5.41, 5.74) is 4.27. The van der Waals surface area contributed by atoms with Gasteiger partial charge in [0.1, 0.15) is 5.75 Å². The lowest BCUT2D eigenvalue weighted by Crippen LogP contribution is -2.14. The third kappa shape index (κ3) is 6.49. The summed E-state index contributed by atoms with van der Waals surface area (Å²) in [6.45, 7) is 4.05. The number of nitrogens with zero attached hydrogens (tertiary/aromatic N) is 1. The molecule has 0 aliphatic carbocycles. The zero-order valence-electron chi connectivity index (χ0n) is 19.6. The molecule has 0 atom stereocenters. The molecule has 0 spiro atoms. The summed E-state index contributed by atoms with van der Waals surface area (Å²) in [6.07, 6.45) is 0. The van der Waals surface area contributed by atoms with E-state index in [-0.39, 0.29) is 17.6 Å². The van der Waals surface area contributed by atoms with Crippen molar-refractivity contribution in [1.82, 2.24) is 4.98 Å². The number of hydrogen-bond donors (Lipinski definition) is 2. The highest BCUT2D eigenvalue weighted by atomic mass is 32.2. The third-order valence-corrected chi connectivity index (χ3v) is 7.04. The van der Waals surface area contributed by atoms with Crippen molar-refractivity contribution in [3.63, 3.8) is 0 Å². The highest BCUT2D eigenvalue weighted by molar-refractivity contribution is 8.00. The van der Waals surface area contributed by atoms with Crippen LogP contribution in [0.15, 0.2) is 77.7 Å². The molecule has 1 heterocycles. The summed E-state index contributed by atoms with van der Waals surface area (Å²) >= 11 is 2.86. The van der Waals surface area contributed by atoms with E-state index >= 15 is 0 Å². The Morgan fingerprint density at radius 3 is 2.51 bits per heavy atom. The quantitative estimate of drug-likeness (QED) is 0.271. The van der Waals surface area contributed by atoms with Gasteiger partial charge in [-0.25, -0.2) is 4.98 Å². The molecule has 4 aromatic rings. The molecular formula is C27H25N3O3S2. The number of carbonyl (C=O) groups excluding carboxylic acids is 2. The second-order valence-electron chi connectivity index (χ2n) is 7.84. The molecule has 0 fully saturated rings. The number of thiazole rings is 1. The Bertz CT molecular complexity index is 1350. The van der Waals surface area contributed by atoms with Gasteiger partial charge in [-0.1, -0.05) is 42.0 Å². The minimum absolute atomic E-state index is 0.134. The molecule has 0 aliphatic rings. The maximum atomic E-state index is 12.6. The van der Waals surface area contributed by atoms with Gasteiger partial charge in [0.25, 0.3) is 5.91 Å². The molecule has 4 rings (SSSR count). The number of amides is 2. The largest absolute Gasteiger partial charge is 0.497 e. The highest BCUT2D eigenvalue weighted by Crippen LogP contribution is 2.31. The van der Waals surface area contributed by atoms with E-state index in [9.17, 15) is 9.59 Å². The number of hydrogen-bond acceptors (Lipinski definition) is 6. The number of ether oxygens (including phenoxy) is 1. The second kappa shape index (κ2) is 11.2. The van der Waals surface area contributed by atoms with E-state index in [0.29, 0.717) is 22.1 Å². The van der Waals surface area contributed by atoms with Crippen molar-refractivity contribution < 1.29 is 14.3 Å². The van der Waals surface area contributed by atoms with Crippen LogP contribution in [0.3, 0.4) is 0 Å². The highest BCUT2D eigenvalue weighted by Gasteiger charge is 2.13. The number of thioether (sulfide) groups is 1. The number of carbonyl (C=O) groups is 2. The van der Waals surface area contributed by atoms with Crippen LogP contribution in [0.4, 0.5) is 10.8 Å². The molecule has 0 aliphatic heterocycles. The molecule has 0 radical (unpaired) electrons. The van der Waals surface area contributed by atoms with E-state index in [1.165, 1.54) is 28.7 Å². The van der Waals surface area contributed by atoms with Crippen molar-refractivity contribution in [3.8, 4) is 17.0 Å². The third-order valence-electron chi connectivity index (χ3n) is 5.16. The number of rotatable bonds is 8. The zero-order chi connectivity index (χ0) is 24.8. The number of benzene rings is 3. The van der Waals surface area contributed by atoms with Gasteiger partial charge in [-0.3, -0.25) is 9.59 Å². The lowest BCUT2D eigenvalue weighted by atomic mass is 10.1. The van der Waals surface area contributed by atoms with Crippen LogP contribution in [-0.4, -0.2) is 29.7 Å². The Morgan fingerprint density at radius 1 is 0.971 bits per heavy atom. The van der Waals surface area contributed by atoms with Crippen molar-refractivity contribution in [2.24, 2.45) is 0 Å². The molecule has 2 N–H and O–H groups in total. The molecule has 6 nitrogen and oxygen atoms in total.